The Morgan fingerprint density at radius 2 is 1.77 bits per heavy atom. The third-order valence-corrected chi connectivity index (χ3v) is 4.69. The maximum Gasteiger partial charge on any atom is 0.434 e. The molecule has 1 amide bonds. The molecule has 0 unspecified atom stereocenters. The number of methoxy groups -OCH3 is 1. The average Bonchev–Trinajstić information content (AvgIpc) is 3.19. The number of amides is 1. The van der Waals surface area contributed by atoms with Crippen LogP contribution in [0.25, 0.3) is 5.69 Å². The van der Waals surface area contributed by atoms with Crippen molar-refractivity contribution in [3.05, 3.63) is 71.0 Å². The summed E-state index contributed by atoms with van der Waals surface area (Å²) in [5, 5.41) is 4.17. The summed E-state index contributed by atoms with van der Waals surface area (Å²) in [6.07, 6.45) is -3.88. The second-order valence-electron chi connectivity index (χ2n) is 6.52. The molecule has 3 aromatic rings. The first-order chi connectivity index (χ1) is 14.7. The molecular formula is C21H19ClF3N3O3. The first-order valence-corrected chi connectivity index (χ1v) is 9.52. The Bertz CT molecular complexity index is 1050. The molecule has 0 fully saturated rings. The summed E-state index contributed by atoms with van der Waals surface area (Å²) in [4.78, 5) is 13.9. The largest absolute Gasteiger partial charge is 0.493 e. The van der Waals surface area contributed by atoms with Gasteiger partial charge in [0.2, 0.25) is 0 Å². The molecule has 0 radical (unpaired) electrons. The van der Waals surface area contributed by atoms with Crippen LogP contribution in [0.1, 0.15) is 16.1 Å². The van der Waals surface area contributed by atoms with Gasteiger partial charge in [-0.1, -0.05) is 23.7 Å². The van der Waals surface area contributed by atoms with Crippen molar-refractivity contribution in [3.8, 4) is 17.2 Å². The van der Waals surface area contributed by atoms with E-state index in [4.69, 9.17) is 21.1 Å². The summed E-state index contributed by atoms with van der Waals surface area (Å²) in [5.74, 6) is 0.161. The summed E-state index contributed by atoms with van der Waals surface area (Å²) in [5.41, 5.74) is -1.57. The van der Waals surface area contributed by atoms with Gasteiger partial charge in [-0.2, -0.15) is 18.3 Å². The highest BCUT2D eigenvalue weighted by Crippen LogP contribution is 2.34. The number of hydrogen-bond acceptors (Lipinski definition) is 4. The van der Waals surface area contributed by atoms with Crippen molar-refractivity contribution < 1.29 is 27.4 Å². The number of carbonyl (C=O) groups excluding carboxylic acids is 1. The quantitative estimate of drug-likeness (QED) is 0.520. The van der Waals surface area contributed by atoms with Gasteiger partial charge in [0.25, 0.3) is 5.91 Å². The van der Waals surface area contributed by atoms with E-state index in [1.807, 2.05) is 0 Å². The van der Waals surface area contributed by atoms with E-state index in [0.717, 1.165) is 11.1 Å². The lowest BCUT2D eigenvalue weighted by Gasteiger charge is -2.19. The van der Waals surface area contributed by atoms with Gasteiger partial charge in [0.1, 0.15) is 6.61 Å². The highest BCUT2D eigenvalue weighted by Gasteiger charge is 2.41. The number of hydrogen-bond donors (Lipinski definition) is 0. The lowest BCUT2D eigenvalue weighted by molar-refractivity contribution is -0.143. The van der Waals surface area contributed by atoms with Crippen LogP contribution in [-0.2, 0) is 6.18 Å². The van der Waals surface area contributed by atoms with Crippen molar-refractivity contribution in [3.63, 3.8) is 0 Å². The van der Waals surface area contributed by atoms with E-state index < -0.39 is 23.3 Å². The summed E-state index contributed by atoms with van der Waals surface area (Å²) >= 11 is 5.81. The van der Waals surface area contributed by atoms with E-state index in [2.05, 4.69) is 5.10 Å². The summed E-state index contributed by atoms with van der Waals surface area (Å²) < 4.78 is 52.8. The zero-order valence-corrected chi connectivity index (χ0v) is 17.4. The van der Waals surface area contributed by atoms with E-state index in [-0.39, 0.29) is 18.8 Å². The Hall–Kier alpha value is -3.20. The number of halogens is 4. The van der Waals surface area contributed by atoms with E-state index in [9.17, 15) is 18.0 Å². The molecule has 31 heavy (non-hydrogen) atoms. The molecule has 0 aliphatic carbocycles. The van der Waals surface area contributed by atoms with Gasteiger partial charge in [0, 0.05) is 12.1 Å². The Labute approximate surface area is 181 Å². The molecule has 0 spiro atoms. The van der Waals surface area contributed by atoms with Gasteiger partial charge in [-0.25, -0.2) is 4.68 Å². The van der Waals surface area contributed by atoms with Gasteiger partial charge in [0.15, 0.2) is 17.2 Å². The molecule has 10 heteroatoms. The van der Waals surface area contributed by atoms with Crippen molar-refractivity contribution in [1.29, 1.82) is 0 Å². The molecule has 0 aliphatic rings. The number of rotatable bonds is 7. The summed E-state index contributed by atoms with van der Waals surface area (Å²) in [6.45, 7) is 0.121. The zero-order valence-electron chi connectivity index (χ0n) is 16.7. The summed E-state index contributed by atoms with van der Waals surface area (Å²) in [7, 11) is 2.89. The van der Waals surface area contributed by atoms with Crippen LogP contribution < -0.4 is 9.47 Å². The fourth-order valence-electron chi connectivity index (χ4n) is 2.89. The molecule has 1 heterocycles. The fraction of sp³-hybridized carbons (Fsp3) is 0.238. The molecule has 3 rings (SSSR count). The minimum atomic E-state index is -4.80. The SMILES string of the molecule is COc1ccccc1OCCN(C)C(=O)c1cnn(-c2ccc(Cl)cc2)c1C(F)(F)F. The summed E-state index contributed by atoms with van der Waals surface area (Å²) in [6, 6.07) is 12.6. The monoisotopic (exact) mass is 453 g/mol. The number of alkyl halides is 3. The Morgan fingerprint density at radius 1 is 1.13 bits per heavy atom. The van der Waals surface area contributed by atoms with Crippen LogP contribution in [0.2, 0.25) is 5.02 Å². The first-order valence-electron chi connectivity index (χ1n) is 9.15. The van der Waals surface area contributed by atoms with Crippen molar-refractivity contribution in [2.24, 2.45) is 0 Å². The van der Waals surface area contributed by atoms with Crippen LogP contribution in [0.15, 0.2) is 54.7 Å². The topological polar surface area (TPSA) is 56.6 Å². The molecule has 0 atom stereocenters. The molecule has 164 valence electrons. The van der Waals surface area contributed by atoms with Gasteiger partial charge in [0.05, 0.1) is 31.1 Å². The smallest absolute Gasteiger partial charge is 0.434 e. The van der Waals surface area contributed by atoms with Gasteiger partial charge < -0.3 is 14.4 Å². The molecule has 2 aromatic carbocycles. The van der Waals surface area contributed by atoms with Crippen molar-refractivity contribution in [2.45, 2.75) is 6.18 Å². The van der Waals surface area contributed by atoms with Crippen LogP contribution >= 0.6 is 11.6 Å². The van der Waals surface area contributed by atoms with Gasteiger partial charge >= 0.3 is 6.18 Å². The van der Waals surface area contributed by atoms with Crippen LogP contribution in [0.5, 0.6) is 11.5 Å². The lowest BCUT2D eigenvalue weighted by atomic mass is 10.2. The standard InChI is InChI=1S/C21H19ClF3N3O3/c1-27(11-12-31-18-6-4-3-5-17(18)30-2)20(29)16-13-26-28(19(16)21(23,24)25)15-9-7-14(22)8-10-15/h3-10,13H,11-12H2,1-2H3. The molecule has 0 saturated carbocycles. The van der Waals surface area contributed by atoms with Gasteiger partial charge in [-0.15, -0.1) is 0 Å². The number of para-hydroxylation sites is 2. The van der Waals surface area contributed by atoms with Gasteiger partial charge in [-0.05, 0) is 36.4 Å². The van der Waals surface area contributed by atoms with E-state index in [0.29, 0.717) is 21.2 Å². The number of ether oxygens (including phenoxy) is 2. The average molecular weight is 454 g/mol. The minimum absolute atomic E-state index is 0.0559. The fourth-order valence-corrected chi connectivity index (χ4v) is 3.02. The van der Waals surface area contributed by atoms with Crippen LogP contribution in [-0.4, -0.2) is 47.9 Å². The first kappa shape index (κ1) is 22.5. The predicted octanol–water partition coefficient (Wildman–Crippen LogP) is 4.70. The number of carbonyl (C=O) groups is 1. The van der Waals surface area contributed by atoms with Crippen molar-refractivity contribution in [1.82, 2.24) is 14.7 Å². The molecule has 0 bridgehead atoms. The molecule has 1 aromatic heterocycles. The predicted molar refractivity (Wildman–Crippen MR) is 109 cm³/mol. The van der Waals surface area contributed by atoms with E-state index in [1.165, 1.54) is 38.4 Å². The molecule has 0 aliphatic heterocycles. The Kier molecular flexibility index (Phi) is 6.74. The van der Waals surface area contributed by atoms with Crippen LogP contribution in [0, 0.1) is 0 Å². The van der Waals surface area contributed by atoms with Crippen molar-refractivity contribution in [2.75, 3.05) is 27.3 Å². The van der Waals surface area contributed by atoms with E-state index >= 15 is 0 Å². The normalized spacial score (nSPS) is 11.3. The number of nitrogens with zero attached hydrogens (tertiary/aromatic N) is 3. The number of benzene rings is 2. The second kappa shape index (κ2) is 9.30. The van der Waals surface area contributed by atoms with Gasteiger partial charge in [-0.3, -0.25) is 4.79 Å². The zero-order chi connectivity index (χ0) is 22.6. The van der Waals surface area contributed by atoms with Crippen LogP contribution in [0.3, 0.4) is 0 Å². The number of aromatic nitrogens is 2. The Balaban J connectivity index is 1.78. The maximum atomic E-state index is 13.8. The number of likely N-dealkylation sites (N-methyl/N-ethyl adjacent to an activating group) is 1. The second-order valence-corrected chi connectivity index (χ2v) is 6.96. The van der Waals surface area contributed by atoms with E-state index in [1.54, 1.807) is 24.3 Å². The maximum absolute atomic E-state index is 13.8. The van der Waals surface area contributed by atoms with Crippen LogP contribution in [0.4, 0.5) is 13.2 Å². The highest BCUT2D eigenvalue weighted by atomic mass is 35.5. The van der Waals surface area contributed by atoms with Crippen molar-refractivity contribution >= 4 is 17.5 Å². The third-order valence-electron chi connectivity index (χ3n) is 4.44. The third kappa shape index (κ3) is 5.11. The molecule has 0 N–H and O–H groups in total. The Morgan fingerprint density at radius 3 is 2.39 bits per heavy atom. The molecule has 6 nitrogen and oxygen atoms in total. The lowest BCUT2D eigenvalue weighted by Crippen LogP contribution is -2.32. The highest BCUT2D eigenvalue weighted by molar-refractivity contribution is 6.30. The molecular weight excluding hydrogens is 435 g/mol. The molecule has 0 saturated heterocycles. The minimum Gasteiger partial charge on any atom is -0.493 e.